The summed E-state index contributed by atoms with van der Waals surface area (Å²) in [5, 5.41) is 0. The van der Waals surface area contributed by atoms with Crippen molar-refractivity contribution < 1.29 is 0 Å². The summed E-state index contributed by atoms with van der Waals surface area (Å²) in [7, 11) is 0. The van der Waals surface area contributed by atoms with Gasteiger partial charge in [-0.1, -0.05) is 118 Å². The first-order valence-electron chi connectivity index (χ1n) is 14.8. The van der Waals surface area contributed by atoms with Crippen molar-refractivity contribution in [3.63, 3.8) is 0 Å². The highest BCUT2D eigenvalue weighted by Gasteiger charge is 2.28. The lowest BCUT2D eigenvalue weighted by Crippen LogP contribution is -2.21. The van der Waals surface area contributed by atoms with Gasteiger partial charge in [0.15, 0.2) is 0 Å². The Morgan fingerprint density at radius 1 is 0.971 bits per heavy atom. The summed E-state index contributed by atoms with van der Waals surface area (Å²) in [5.74, 6) is 0.963. The minimum Gasteiger partial charge on any atom is -0.0998 e. The molecule has 0 nitrogen and oxygen atoms in total. The molecule has 1 aromatic carbocycles. The Morgan fingerprint density at radius 3 is 2.11 bits per heavy atom. The van der Waals surface area contributed by atoms with E-state index in [9.17, 15) is 0 Å². The molecule has 0 saturated carbocycles. The third-order valence-corrected chi connectivity index (χ3v) is 8.90. The fourth-order valence-corrected chi connectivity index (χ4v) is 5.22. The Labute approximate surface area is 221 Å². The van der Waals surface area contributed by atoms with Crippen molar-refractivity contribution in [1.82, 2.24) is 0 Å². The van der Waals surface area contributed by atoms with E-state index in [-0.39, 0.29) is 5.41 Å². The first-order chi connectivity index (χ1) is 16.3. The maximum Gasteiger partial charge on any atom is -0.0103 e. The predicted octanol–water partition coefficient (Wildman–Crippen LogP) is 11.7. The molecule has 0 saturated heterocycles. The van der Waals surface area contributed by atoms with Gasteiger partial charge in [0.2, 0.25) is 0 Å². The third kappa shape index (κ3) is 9.59. The van der Waals surface area contributed by atoms with Crippen LogP contribution < -0.4 is 0 Å². The average Bonchev–Trinajstić information content (AvgIpc) is 2.82. The van der Waals surface area contributed by atoms with Gasteiger partial charge in [0, 0.05) is 0 Å². The van der Waals surface area contributed by atoms with E-state index >= 15 is 0 Å². The molecule has 0 bridgehead atoms. The highest BCUT2D eigenvalue weighted by molar-refractivity contribution is 5.45. The molecule has 1 rings (SSSR count). The van der Waals surface area contributed by atoms with E-state index in [1.807, 2.05) is 0 Å². The number of aryl methyl sites for hydroxylation is 1. The monoisotopic (exact) mass is 480 g/mol. The second kappa shape index (κ2) is 14.4. The molecule has 0 aromatic heterocycles. The van der Waals surface area contributed by atoms with Crippen molar-refractivity contribution in [1.29, 1.82) is 0 Å². The van der Waals surface area contributed by atoms with Gasteiger partial charge in [-0.25, -0.2) is 0 Å². The molecule has 0 radical (unpaired) electrons. The van der Waals surface area contributed by atoms with Crippen molar-refractivity contribution in [3.05, 3.63) is 58.2 Å². The number of allylic oxidation sites excluding steroid dienone is 3. The standard InChI is InChI=1S/C35H60/c1-13-17-19-29(21-22-34(9,10)15-3)23-31(26(5)6)27(7)32-24-30(20-18-14-2)25-33(28(32)8)35(11,12)16-4/h21,24-25,27,31H,5,13-20,22-23H2,1-4,6-12H3/b29-21-. The minimum absolute atomic E-state index is 0.206. The molecule has 0 amide bonds. The lowest BCUT2D eigenvalue weighted by atomic mass is 9.72. The molecule has 0 aliphatic carbocycles. The van der Waals surface area contributed by atoms with E-state index in [0.717, 1.165) is 6.42 Å². The predicted molar refractivity (Wildman–Crippen MR) is 161 cm³/mol. The molecule has 0 N–H and O–H groups in total. The number of hydrogen-bond donors (Lipinski definition) is 0. The molecule has 35 heavy (non-hydrogen) atoms. The van der Waals surface area contributed by atoms with Crippen molar-refractivity contribution in [2.45, 2.75) is 152 Å². The van der Waals surface area contributed by atoms with E-state index in [1.165, 1.54) is 74.5 Å². The molecular weight excluding hydrogens is 420 g/mol. The van der Waals surface area contributed by atoms with E-state index in [0.29, 0.717) is 17.3 Å². The fourth-order valence-electron chi connectivity index (χ4n) is 5.22. The highest BCUT2D eigenvalue weighted by Crippen LogP contribution is 2.41. The second-order valence-corrected chi connectivity index (χ2v) is 12.8. The molecule has 0 fully saturated rings. The molecule has 0 heterocycles. The van der Waals surface area contributed by atoms with Crippen molar-refractivity contribution in [3.8, 4) is 0 Å². The zero-order chi connectivity index (χ0) is 26.8. The summed E-state index contributed by atoms with van der Waals surface area (Å²) < 4.78 is 0. The number of rotatable bonds is 16. The molecular formula is C35H60. The Bertz CT molecular complexity index is 817. The van der Waals surface area contributed by atoms with Crippen LogP contribution >= 0.6 is 0 Å². The lowest BCUT2D eigenvalue weighted by Gasteiger charge is -2.32. The summed E-state index contributed by atoms with van der Waals surface area (Å²) >= 11 is 0. The van der Waals surface area contributed by atoms with Crippen LogP contribution in [-0.4, -0.2) is 0 Å². The van der Waals surface area contributed by atoms with Gasteiger partial charge >= 0.3 is 0 Å². The summed E-state index contributed by atoms with van der Waals surface area (Å²) in [6, 6.07) is 5.08. The normalized spacial score (nSPS) is 14.8. The zero-order valence-electron chi connectivity index (χ0n) is 25.7. The van der Waals surface area contributed by atoms with Crippen LogP contribution in [0, 0.1) is 18.3 Å². The Hall–Kier alpha value is -1.30. The summed E-state index contributed by atoms with van der Waals surface area (Å²) in [6.45, 7) is 30.6. The number of unbranched alkanes of at least 4 members (excludes halogenated alkanes) is 2. The first-order valence-corrected chi connectivity index (χ1v) is 14.8. The van der Waals surface area contributed by atoms with E-state index in [4.69, 9.17) is 0 Å². The summed E-state index contributed by atoms with van der Waals surface area (Å²) in [6.07, 6.45) is 14.8. The van der Waals surface area contributed by atoms with Crippen LogP contribution in [0.3, 0.4) is 0 Å². The fraction of sp³-hybridized carbons (Fsp3) is 0.714. The Balaban J connectivity index is 3.47. The molecule has 200 valence electrons. The largest absolute Gasteiger partial charge is 0.0998 e. The van der Waals surface area contributed by atoms with Gasteiger partial charge in [-0.05, 0) is 104 Å². The van der Waals surface area contributed by atoms with Gasteiger partial charge in [-0.2, -0.15) is 0 Å². The Kier molecular flexibility index (Phi) is 13.1. The molecule has 2 atom stereocenters. The lowest BCUT2D eigenvalue weighted by molar-refractivity contribution is 0.354. The van der Waals surface area contributed by atoms with Gasteiger partial charge in [-0.15, -0.1) is 0 Å². The van der Waals surface area contributed by atoms with Crippen molar-refractivity contribution in [2.75, 3.05) is 0 Å². The topological polar surface area (TPSA) is 0 Å². The molecule has 0 aliphatic rings. The van der Waals surface area contributed by atoms with Gasteiger partial charge in [0.1, 0.15) is 0 Å². The van der Waals surface area contributed by atoms with Crippen LogP contribution in [0.5, 0.6) is 0 Å². The van der Waals surface area contributed by atoms with Gasteiger partial charge < -0.3 is 0 Å². The molecule has 0 heteroatoms. The first kappa shape index (κ1) is 31.7. The van der Waals surface area contributed by atoms with Crippen LogP contribution in [0.15, 0.2) is 35.9 Å². The average molecular weight is 481 g/mol. The number of hydrogen-bond acceptors (Lipinski definition) is 0. The minimum atomic E-state index is 0.206. The quantitative estimate of drug-likeness (QED) is 0.206. The smallest absolute Gasteiger partial charge is 0.0103 e. The van der Waals surface area contributed by atoms with Crippen LogP contribution in [0.2, 0.25) is 0 Å². The molecule has 2 unspecified atom stereocenters. The zero-order valence-corrected chi connectivity index (χ0v) is 25.7. The highest BCUT2D eigenvalue weighted by atomic mass is 14.3. The maximum atomic E-state index is 4.52. The van der Waals surface area contributed by atoms with E-state index in [2.05, 4.69) is 101 Å². The van der Waals surface area contributed by atoms with Crippen LogP contribution in [-0.2, 0) is 11.8 Å². The Morgan fingerprint density at radius 2 is 1.60 bits per heavy atom. The van der Waals surface area contributed by atoms with Crippen molar-refractivity contribution >= 4 is 0 Å². The van der Waals surface area contributed by atoms with E-state index < -0.39 is 0 Å². The number of benzene rings is 1. The van der Waals surface area contributed by atoms with Gasteiger partial charge in [-0.3, -0.25) is 0 Å². The third-order valence-electron chi connectivity index (χ3n) is 8.90. The van der Waals surface area contributed by atoms with E-state index in [1.54, 1.807) is 16.7 Å². The molecule has 0 spiro atoms. The van der Waals surface area contributed by atoms with Crippen molar-refractivity contribution in [2.24, 2.45) is 11.3 Å². The SMILES string of the molecule is C=C(C)C(C/C(=C\CC(C)(C)CC)CCCC)C(C)c1cc(CCCC)cc(C(C)(C)CC)c1C. The van der Waals surface area contributed by atoms with Crippen LogP contribution in [0.1, 0.15) is 155 Å². The van der Waals surface area contributed by atoms with Gasteiger partial charge in [0.25, 0.3) is 0 Å². The molecule has 0 aliphatic heterocycles. The van der Waals surface area contributed by atoms with Crippen LogP contribution in [0.25, 0.3) is 0 Å². The van der Waals surface area contributed by atoms with Gasteiger partial charge in [0.05, 0.1) is 0 Å². The second-order valence-electron chi connectivity index (χ2n) is 12.8. The summed E-state index contributed by atoms with van der Waals surface area (Å²) in [4.78, 5) is 0. The summed E-state index contributed by atoms with van der Waals surface area (Å²) in [5.41, 5.74) is 9.75. The maximum absolute atomic E-state index is 4.52. The molecule has 1 aromatic rings. The van der Waals surface area contributed by atoms with Crippen LogP contribution in [0.4, 0.5) is 0 Å².